The maximum Gasteiger partial charge on any atom is 0.338 e. The number of fused-ring (bicyclic) bond motifs is 18. The van der Waals surface area contributed by atoms with E-state index < -0.39 is 36.0 Å². The molecule has 18 nitrogen and oxygen atoms in total. The van der Waals surface area contributed by atoms with Crippen molar-refractivity contribution in [1.82, 2.24) is 39.9 Å². The van der Waals surface area contributed by atoms with Crippen molar-refractivity contribution in [2.75, 3.05) is 46.6 Å². The van der Waals surface area contributed by atoms with Gasteiger partial charge in [-0.05, 0) is 297 Å². The summed E-state index contributed by atoms with van der Waals surface area (Å²) in [6.07, 6.45) is 26.0. The summed E-state index contributed by atoms with van der Waals surface area (Å²) < 4.78 is 11.6. The highest BCUT2D eigenvalue weighted by Crippen LogP contribution is 2.52. The number of aromatic amines is 4. The third-order valence-corrected chi connectivity index (χ3v) is 23.9. The lowest BCUT2D eigenvalue weighted by Gasteiger charge is -2.23. The van der Waals surface area contributed by atoms with Crippen LogP contribution in [0, 0.1) is 47.3 Å². The number of H-pyrrole nitrogens is 4. The van der Waals surface area contributed by atoms with Crippen molar-refractivity contribution in [1.29, 1.82) is 0 Å². The van der Waals surface area contributed by atoms with E-state index in [0.717, 1.165) is 162 Å². The first-order chi connectivity index (χ1) is 56.2. The van der Waals surface area contributed by atoms with Crippen molar-refractivity contribution in [2.24, 2.45) is 47.3 Å². The maximum absolute atomic E-state index is 13.8. The summed E-state index contributed by atoms with van der Waals surface area (Å²) in [5.41, 5.74) is 22.7. The molecular formula is C97H84N12O6. The number of nitrogens with zero attached hydrogens (tertiary/aromatic N) is 6. The van der Waals surface area contributed by atoms with Crippen LogP contribution in [0.25, 0.3) is 121 Å². The van der Waals surface area contributed by atoms with Gasteiger partial charge in [-0.1, -0.05) is 85.8 Å². The summed E-state index contributed by atoms with van der Waals surface area (Å²) in [5, 5.41) is 5.91. The van der Waals surface area contributed by atoms with Gasteiger partial charge in [0.1, 0.15) is 0 Å². The third kappa shape index (κ3) is 15.2. The summed E-state index contributed by atoms with van der Waals surface area (Å²) >= 11 is 0. The average Bonchev–Trinajstić information content (AvgIpc) is 1.63. The van der Waals surface area contributed by atoms with Gasteiger partial charge in [0.05, 0.1) is 56.7 Å². The normalized spacial score (nSPS) is 20.3. The summed E-state index contributed by atoms with van der Waals surface area (Å²) in [5.74, 6) is 1.66. The number of hydrogen-bond donors (Lipinski definition) is 6. The quantitative estimate of drug-likeness (QED) is 0.0392. The van der Waals surface area contributed by atoms with E-state index in [2.05, 4.69) is 102 Å². The smallest absolute Gasteiger partial charge is 0.338 e. The first kappa shape index (κ1) is 71.6. The molecule has 4 fully saturated rings. The van der Waals surface area contributed by atoms with Crippen molar-refractivity contribution in [3.63, 3.8) is 0 Å². The second kappa shape index (κ2) is 30.4. The summed E-state index contributed by atoms with van der Waals surface area (Å²) in [7, 11) is 0. The molecule has 2 saturated carbocycles. The highest BCUT2D eigenvalue weighted by molar-refractivity contribution is 6.00. The van der Waals surface area contributed by atoms with Crippen LogP contribution in [0.15, 0.2) is 231 Å². The predicted molar refractivity (Wildman–Crippen MR) is 460 cm³/mol. The largest absolute Gasteiger partial charge is 0.449 e. The Labute approximate surface area is 664 Å². The van der Waals surface area contributed by atoms with Crippen LogP contribution in [0.5, 0.6) is 0 Å². The Kier molecular flexibility index (Phi) is 18.9. The number of ether oxygens (including phenoxy) is 2. The lowest BCUT2D eigenvalue weighted by molar-refractivity contribution is -0.124. The Balaban J connectivity index is 0.473. The van der Waals surface area contributed by atoms with Gasteiger partial charge in [-0.2, -0.15) is 0 Å². The zero-order valence-corrected chi connectivity index (χ0v) is 63.8. The van der Waals surface area contributed by atoms with Crippen molar-refractivity contribution in [2.45, 2.75) is 45.8 Å². The van der Waals surface area contributed by atoms with Gasteiger partial charge in [0, 0.05) is 104 Å². The van der Waals surface area contributed by atoms with E-state index in [1.807, 2.05) is 231 Å². The summed E-state index contributed by atoms with van der Waals surface area (Å²) in [4.78, 5) is 93.5. The molecule has 6 aromatic heterocycles. The standard InChI is InChI=1S/C97H84N12O6/c1-57-45-65(85-54-108(53-84(57)85)82-37-17-63(18-38-82)96(112)114-58(2)94(110)106-68-21-13-61(14-22-68)92-88-41-33-78(102-88)49-74-29-25-70(98-74)47-71-26-30-75(99-71)50-79-34-42-89(92)103-79)11-12-67-46-66(10-9-60-7-5-4-6-8-60)86-55-109(56-87(67)86)83-39-19-64(20-40-83)97(113)115-59(3)95(111)107-69-23-15-62(16-24-69)93-90-43-35-80(104-90)51-76-31-27-72(100-76)48-73-28-32-77(101-73)52-81-36-44-91(93)105-81/h4-44,47-52,57-59,65-67,84-87,98,100,103,105H,45-46,53-56H2,1-3H3,(H,106,110)(H,107,111)/b10-9+,12-11?,70-47?,71-47?,72-48?,73-48?,74-49?,75-50?,76-51?,77-52?,78-49?,79-50?,80-51?,81-52?,92-88?,92-89?,93-90?,93-91?/t57-,58+,59+,65+,66+,67-,84+,85-,86-,87+/m1/s1. The number of benzene rings is 5. The van der Waals surface area contributed by atoms with Crippen LogP contribution >= 0.6 is 0 Å². The van der Waals surface area contributed by atoms with Crippen LogP contribution in [-0.2, 0) is 19.1 Å². The molecule has 6 N–H and O–H groups in total. The van der Waals surface area contributed by atoms with Gasteiger partial charge in [-0.25, -0.2) is 29.5 Å². The number of hydrogen-bond acceptors (Lipinski definition) is 12. The van der Waals surface area contributed by atoms with Gasteiger partial charge in [0.25, 0.3) is 11.8 Å². The molecule has 19 rings (SSSR count). The molecule has 5 aromatic carbocycles. The lowest BCUT2D eigenvalue weighted by atomic mass is 9.87. The summed E-state index contributed by atoms with van der Waals surface area (Å²) in [6.45, 7) is 9.26. The molecule has 2 aliphatic carbocycles. The minimum absolute atomic E-state index is 0.372. The topological polar surface area (TPSA) is 232 Å². The third-order valence-electron chi connectivity index (χ3n) is 23.9. The highest BCUT2D eigenvalue weighted by atomic mass is 16.6. The molecule has 0 unspecified atom stereocenters. The highest BCUT2D eigenvalue weighted by Gasteiger charge is 2.49. The van der Waals surface area contributed by atoms with Crippen LogP contribution in [-0.4, -0.2) is 102 Å². The van der Waals surface area contributed by atoms with Crippen molar-refractivity contribution < 1.29 is 28.7 Å². The van der Waals surface area contributed by atoms with E-state index in [1.165, 1.54) is 5.56 Å². The van der Waals surface area contributed by atoms with Gasteiger partial charge in [0.15, 0.2) is 12.2 Å². The van der Waals surface area contributed by atoms with Crippen LogP contribution in [0.4, 0.5) is 22.7 Å². The van der Waals surface area contributed by atoms with Crippen LogP contribution < -0.4 is 20.4 Å². The Bertz CT molecular complexity index is 6220. The van der Waals surface area contributed by atoms with Crippen molar-refractivity contribution in [3.05, 3.63) is 293 Å². The maximum atomic E-state index is 13.8. The molecule has 0 spiro atoms. The van der Waals surface area contributed by atoms with Crippen molar-refractivity contribution >= 4 is 145 Å². The van der Waals surface area contributed by atoms with E-state index in [0.29, 0.717) is 69.8 Å². The minimum Gasteiger partial charge on any atom is -0.449 e. The fourth-order valence-electron chi connectivity index (χ4n) is 18.0. The SMILES string of the molecule is C[C@H](OC(=O)c1ccc(N2C[C@@H]3[C@H](C2)[C@@H](C=C[C@@H]2C[C@H](/C=C/c4ccccc4)[C@H]4CN(c5ccc(C(=O)O[C@@H](C)C(=O)Nc6ccc(-c7c8nc(cc9ccc(cc%10nc(cc%11ccc7[nH]%11)C=C%10)[nH]9)C=C8)cc6)cc5)C[C@H]42)C[C@H]3C)cc1)C(=O)Nc1ccc(-c2c3nc(cc4ccc(cc5nc(cc6ccc2[nH]6)C=C5)[nH]4)C=C3)cc1. The molecule has 2 amide bonds. The van der Waals surface area contributed by atoms with Crippen molar-refractivity contribution in [3.8, 4) is 22.3 Å². The molecule has 11 aromatic rings. The molecule has 6 aliphatic heterocycles. The van der Waals surface area contributed by atoms with Gasteiger partial charge in [-0.15, -0.1) is 0 Å². The number of carbonyl (C=O) groups excluding carboxylic acids is 4. The van der Waals surface area contributed by atoms with E-state index in [9.17, 15) is 19.2 Å². The number of aromatic nitrogens is 8. The summed E-state index contributed by atoms with van der Waals surface area (Å²) in [6, 6.07) is 69.4. The van der Waals surface area contributed by atoms with E-state index in [-0.39, 0.29) is 0 Å². The van der Waals surface area contributed by atoms with Gasteiger partial charge >= 0.3 is 11.9 Å². The molecule has 12 heterocycles. The van der Waals surface area contributed by atoms with Gasteiger partial charge < -0.3 is 49.8 Å². The molecule has 115 heavy (non-hydrogen) atoms. The molecular weight excluding hydrogens is 1430 g/mol. The van der Waals surface area contributed by atoms with E-state index in [1.54, 1.807) is 13.8 Å². The number of rotatable bonds is 16. The fourth-order valence-corrected chi connectivity index (χ4v) is 18.0. The zero-order valence-electron chi connectivity index (χ0n) is 63.8. The van der Waals surface area contributed by atoms with Crippen LogP contribution in [0.1, 0.15) is 105 Å². The van der Waals surface area contributed by atoms with Gasteiger partial charge in [0.2, 0.25) is 0 Å². The average molecular weight is 1510 g/mol. The monoisotopic (exact) mass is 1510 g/mol. The number of nitrogens with one attached hydrogen (secondary N) is 6. The second-order valence-corrected chi connectivity index (χ2v) is 31.5. The first-order valence-corrected chi connectivity index (χ1v) is 39.7. The fraction of sp³-hybridized carbons (Fsp3) is 0.196. The molecule has 18 heteroatoms. The Morgan fingerprint density at radius 2 is 0.765 bits per heavy atom. The van der Waals surface area contributed by atoms with E-state index in [4.69, 9.17) is 29.4 Å². The van der Waals surface area contributed by atoms with E-state index >= 15 is 0 Å². The number of allylic oxidation sites excluding steroid dienone is 3. The molecule has 16 bridgehead atoms. The number of anilines is 4. The molecule has 10 atom stereocenters. The number of carbonyl (C=O) groups is 4. The lowest BCUT2D eigenvalue weighted by Crippen LogP contribution is -2.30. The first-order valence-electron chi connectivity index (χ1n) is 39.7. The van der Waals surface area contributed by atoms with Crippen LogP contribution in [0.3, 0.4) is 0 Å². The Morgan fingerprint density at radius 3 is 1.20 bits per heavy atom. The molecule has 8 aliphatic rings. The Morgan fingerprint density at radius 1 is 0.400 bits per heavy atom. The Hall–Kier alpha value is -13.7. The predicted octanol–water partition coefficient (Wildman–Crippen LogP) is 19.7. The van der Waals surface area contributed by atoms with Crippen LogP contribution in [0.2, 0.25) is 0 Å². The number of esters is 2. The minimum atomic E-state index is -1.07. The zero-order chi connectivity index (χ0) is 77.8. The second-order valence-electron chi connectivity index (χ2n) is 31.5. The molecule has 2 saturated heterocycles. The van der Waals surface area contributed by atoms with Gasteiger partial charge in [-0.3, -0.25) is 9.59 Å². The number of amides is 2. The molecule has 0 radical (unpaired) electrons. The molecule has 568 valence electrons.